The van der Waals surface area contributed by atoms with Gasteiger partial charge in [-0.3, -0.25) is 4.79 Å². The number of carboxylic acid groups (broad SMARTS) is 1. The molecule has 1 aromatic heterocycles. The molecule has 0 unspecified atom stereocenters. The minimum atomic E-state index is -1.15. The Morgan fingerprint density at radius 1 is 1.31 bits per heavy atom. The third-order valence-electron chi connectivity index (χ3n) is 5.35. The van der Waals surface area contributed by atoms with Crippen LogP contribution in [0, 0.1) is 12.3 Å². The van der Waals surface area contributed by atoms with Gasteiger partial charge in [0.2, 0.25) is 5.95 Å². The molecule has 8 heteroatoms. The molecule has 2 N–H and O–H groups in total. The first-order valence-electron chi connectivity index (χ1n) is 9.31. The van der Waals surface area contributed by atoms with Crippen LogP contribution in [-0.2, 0) is 9.53 Å². The van der Waals surface area contributed by atoms with Gasteiger partial charge in [0, 0.05) is 37.9 Å². The van der Waals surface area contributed by atoms with Crippen molar-refractivity contribution in [3.05, 3.63) is 11.8 Å². The topological polar surface area (TPSA) is 99.0 Å². The number of hydrogen-bond acceptors (Lipinski definition) is 7. The Bertz CT molecular complexity index is 650. The van der Waals surface area contributed by atoms with Crippen molar-refractivity contribution in [1.29, 1.82) is 0 Å². The highest BCUT2D eigenvalue weighted by Gasteiger charge is 2.48. The first-order valence-corrected chi connectivity index (χ1v) is 9.31. The summed E-state index contributed by atoms with van der Waals surface area (Å²) in [6.45, 7) is 7.51. The van der Waals surface area contributed by atoms with Crippen molar-refractivity contribution >= 4 is 17.7 Å². The standard InChI is InChI=1S/C18H28N4O4/c1-3-5-18(16(24)25)12-22(6-4-14(18)23)15-11-13(2)19-17(20-15)21-7-9-26-10-8-21/h11,14,23H,3-10,12H2,1-2H3,(H,24,25)/t14-,18+/m0/s1. The van der Waals surface area contributed by atoms with E-state index in [1.54, 1.807) is 0 Å². The lowest BCUT2D eigenvalue weighted by Gasteiger charge is -2.44. The van der Waals surface area contributed by atoms with Crippen molar-refractivity contribution in [2.45, 2.75) is 39.2 Å². The Kier molecular flexibility index (Phi) is 5.62. The number of carboxylic acids is 1. The second-order valence-corrected chi connectivity index (χ2v) is 7.20. The molecule has 3 heterocycles. The number of aliphatic hydroxyl groups excluding tert-OH is 1. The average molecular weight is 364 g/mol. The number of morpholine rings is 1. The summed E-state index contributed by atoms with van der Waals surface area (Å²) in [7, 11) is 0. The summed E-state index contributed by atoms with van der Waals surface area (Å²) >= 11 is 0. The second-order valence-electron chi connectivity index (χ2n) is 7.20. The molecular weight excluding hydrogens is 336 g/mol. The van der Waals surface area contributed by atoms with E-state index in [2.05, 4.69) is 9.88 Å². The molecule has 3 rings (SSSR count). The number of anilines is 2. The van der Waals surface area contributed by atoms with Crippen LogP contribution in [0.15, 0.2) is 6.07 Å². The Hall–Kier alpha value is -1.93. The van der Waals surface area contributed by atoms with Crippen molar-refractivity contribution in [2.75, 3.05) is 49.2 Å². The fraction of sp³-hybridized carbons (Fsp3) is 0.722. The van der Waals surface area contributed by atoms with Crippen LogP contribution in [0.4, 0.5) is 11.8 Å². The van der Waals surface area contributed by atoms with Crippen LogP contribution >= 0.6 is 0 Å². The summed E-state index contributed by atoms with van der Waals surface area (Å²) in [5, 5.41) is 20.3. The molecule has 8 nitrogen and oxygen atoms in total. The van der Waals surface area contributed by atoms with Crippen LogP contribution in [0.2, 0.25) is 0 Å². The maximum atomic E-state index is 12.0. The third kappa shape index (κ3) is 3.61. The van der Waals surface area contributed by atoms with Gasteiger partial charge in [-0.25, -0.2) is 4.98 Å². The monoisotopic (exact) mass is 364 g/mol. The molecule has 1 aromatic rings. The predicted molar refractivity (Wildman–Crippen MR) is 97.6 cm³/mol. The highest BCUT2D eigenvalue weighted by Crippen LogP contribution is 2.37. The van der Waals surface area contributed by atoms with E-state index >= 15 is 0 Å². The number of aliphatic hydroxyl groups is 1. The largest absolute Gasteiger partial charge is 0.481 e. The van der Waals surface area contributed by atoms with Gasteiger partial charge in [-0.05, 0) is 19.8 Å². The van der Waals surface area contributed by atoms with E-state index in [1.807, 2.05) is 24.8 Å². The van der Waals surface area contributed by atoms with Gasteiger partial charge in [0.25, 0.3) is 0 Å². The quantitative estimate of drug-likeness (QED) is 0.800. The van der Waals surface area contributed by atoms with Gasteiger partial charge in [-0.2, -0.15) is 4.98 Å². The maximum Gasteiger partial charge on any atom is 0.314 e. The van der Waals surface area contributed by atoms with E-state index in [1.165, 1.54) is 0 Å². The van der Waals surface area contributed by atoms with E-state index in [0.29, 0.717) is 45.0 Å². The predicted octanol–water partition coefficient (Wildman–Crippen LogP) is 1.06. The molecule has 0 spiro atoms. The molecule has 0 radical (unpaired) electrons. The fourth-order valence-corrected chi connectivity index (χ4v) is 3.89. The van der Waals surface area contributed by atoms with Crippen LogP contribution < -0.4 is 9.80 Å². The van der Waals surface area contributed by atoms with E-state index in [9.17, 15) is 15.0 Å². The number of nitrogens with zero attached hydrogens (tertiary/aromatic N) is 4. The summed E-state index contributed by atoms with van der Waals surface area (Å²) in [6.07, 6.45) is 0.736. The average Bonchev–Trinajstić information content (AvgIpc) is 2.63. The SMILES string of the molecule is CCC[C@@]1(C(=O)O)CN(c2cc(C)nc(N3CCOCC3)n2)CC[C@@H]1O. The van der Waals surface area contributed by atoms with Crippen molar-refractivity contribution in [2.24, 2.45) is 5.41 Å². The molecule has 0 aromatic carbocycles. The van der Waals surface area contributed by atoms with Crippen LogP contribution in [-0.4, -0.2) is 71.6 Å². The molecule has 2 atom stereocenters. The summed E-state index contributed by atoms with van der Waals surface area (Å²) in [6, 6.07) is 1.89. The van der Waals surface area contributed by atoms with Gasteiger partial charge in [-0.15, -0.1) is 0 Å². The summed E-state index contributed by atoms with van der Waals surface area (Å²) in [5.41, 5.74) is -0.302. The maximum absolute atomic E-state index is 12.0. The molecule has 2 aliphatic rings. The molecule has 0 bridgehead atoms. The number of carbonyl (C=O) groups is 1. The number of piperidine rings is 1. The van der Waals surface area contributed by atoms with Gasteiger partial charge in [0.05, 0.1) is 19.3 Å². The first kappa shape index (κ1) is 18.8. The Morgan fingerprint density at radius 3 is 2.69 bits per heavy atom. The molecule has 0 saturated carbocycles. The van der Waals surface area contributed by atoms with Crippen LogP contribution in [0.25, 0.3) is 0 Å². The second kappa shape index (κ2) is 7.75. The minimum Gasteiger partial charge on any atom is -0.481 e. The van der Waals surface area contributed by atoms with Crippen molar-refractivity contribution < 1.29 is 19.7 Å². The number of ether oxygens (including phenoxy) is 1. The zero-order valence-corrected chi connectivity index (χ0v) is 15.5. The van der Waals surface area contributed by atoms with Gasteiger partial charge < -0.3 is 24.7 Å². The summed E-state index contributed by atoms with van der Waals surface area (Å²) in [4.78, 5) is 25.3. The Labute approximate surface area is 153 Å². The molecule has 2 fully saturated rings. The van der Waals surface area contributed by atoms with E-state index in [4.69, 9.17) is 9.72 Å². The molecular formula is C18H28N4O4. The smallest absolute Gasteiger partial charge is 0.314 e. The normalized spacial score (nSPS) is 26.8. The van der Waals surface area contributed by atoms with Crippen molar-refractivity contribution in [3.63, 3.8) is 0 Å². The minimum absolute atomic E-state index is 0.260. The summed E-state index contributed by atoms with van der Waals surface area (Å²) in [5.74, 6) is 0.453. The number of aryl methyl sites for hydroxylation is 1. The zero-order valence-electron chi connectivity index (χ0n) is 15.5. The Morgan fingerprint density at radius 2 is 2.04 bits per heavy atom. The highest BCUT2D eigenvalue weighted by atomic mass is 16.5. The van der Waals surface area contributed by atoms with E-state index < -0.39 is 17.5 Å². The molecule has 0 aliphatic carbocycles. The third-order valence-corrected chi connectivity index (χ3v) is 5.35. The molecule has 0 amide bonds. The summed E-state index contributed by atoms with van der Waals surface area (Å²) < 4.78 is 5.39. The molecule has 2 saturated heterocycles. The number of aromatic nitrogens is 2. The van der Waals surface area contributed by atoms with Gasteiger partial charge in [0.15, 0.2) is 0 Å². The van der Waals surface area contributed by atoms with Crippen molar-refractivity contribution in [1.82, 2.24) is 9.97 Å². The van der Waals surface area contributed by atoms with Gasteiger partial charge in [-0.1, -0.05) is 13.3 Å². The first-order chi connectivity index (χ1) is 12.5. The lowest BCUT2D eigenvalue weighted by atomic mass is 9.74. The van der Waals surface area contributed by atoms with Crippen LogP contribution in [0.3, 0.4) is 0 Å². The lowest BCUT2D eigenvalue weighted by Crippen LogP contribution is -2.56. The zero-order chi connectivity index (χ0) is 18.7. The van der Waals surface area contributed by atoms with E-state index in [0.717, 1.165) is 24.6 Å². The van der Waals surface area contributed by atoms with Crippen LogP contribution in [0.1, 0.15) is 31.9 Å². The molecule has 2 aliphatic heterocycles. The van der Waals surface area contributed by atoms with Gasteiger partial charge >= 0.3 is 5.97 Å². The van der Waals surface area contributed by atoms with Crippen LogP contribution in [0.5, 0.6) is 0 Å². The Balaban J connectivity index is 1.88. The molecule has 144 valence electrons. The number of rotatable bonds is 5. The number of hydrogen-bond donors (Lipinski definition) is 2. The number of aliphatic carboxylic acids is 1. The van der Waals surface area contributed by atoms with E-state index in [-0.39, 0.29) is 6.54 Å². The highest BCUT2D eigenvalue weighted by molar-refractivity contribution is 5.77. The van der Waals surface area contributed by atoms with Gasteiger partial charge in [0.1, 0.15) is 11.2 Å². The van der Waals surface area contributed by atoms with Crippen molar-refractivity contribution in [3.8, 4) is 0 Å². The fourth-order valence-electron chi connectivity index (χ4n) is 3.89. The lowest BCUT2D eigenvalue weighted by molar-refractivity contribution is -0.158. The molecule has 26 heavy (non-hydrogen) atoms.